The summed E-state index contributed by atoms with van der Waals surface area (Å²) in [7, 11) is 0. The second-order valence-electron chi connectivity index (χ2n) is 8.26. The molecular formula is C17H28N2O4. The van der Waals surface area contributed by atoms with Crippen LogP contribution in [0.15, 0.2) is 0 Å². The van der Waals surface area contributed by atoms with Crippen molar-refractivity contribution < 1.29 is 19.4 Å². The maximum atomic E-state index is 12.5. The number of carbonyl (C=O) groups excluding carboxylic acids is 2. The van der Waals surface area contributed by atoms with Crippen LogP contribution in [0.3, 0.4) is 0 Å². The first-order valence-electron chi connectivity index (χ1n) is 8.68. The third kappa shape index (κ3) is 3.62. The van der Waals surface area contributed by atoms with Crippen molar-refractivity contribution in [3.8, 4) is 0 Å². The van der Waals surface area contributed by atoms with E-state index in [0.717, 1.165) is 25.7 Å². The molecule has 1 unspecified atom stereocenters. The van der Waals surface area contributed by atoms with Crippen molar-refractivity contribution >= 4 is 12.0 Å². The molecule has 3 aliphatic rings. The minimum absolute atomic E-state index is 0.0210. The number of carbonyl (C=O) groups is 2. The van der Waals surface area contributed by atoms with E-state index >= 15 is 0 Å². The highest BCUT2D eigenvalue weighted by Gasteiger charge is 2.45. The largest absolute Gasteiger partial charge is 0.444 e. The molecule has 3 rings (SSSR count). The van der Waals surface area contributed by atoms with Gasteiger partial charge < -0.3 is 14.7 Å². The molecule has 130 valence electrons. The van der Waals surface area contributed by atoms with Gasteiger partial charge in [-0.25, -0.2) is 4.79 Å². The molecule has 1 N–H and O–H groups in total. The molecule has 1 saturated heterocycles. The van der Waals surface area contributed by atoms with E-state index in [2.05, 4.69) is 0 Å². The van der Waals surface area contributed by atoms with Gasteiger partial charge in [-0.2, -0.15) is 0 Å². The highest BCUT2D eigenvalue weighted by Crippen LogP contribution is 2.45. The number of ether oxygens (including phenoxy) is 1. The Labute approximate surface area is 137 Å². The predicted octanol–water partition coefficient (Wildman–Crippen LogP) is 1.62. The molecule has 1 heterocycles. The molecule has 6 nitrogen and oxygen atoms in total. The van der Waals surface area contributed by atoms with Crippen LogP contribution in [0.2, 0.25) is 0 Å². The lowest BCUT2D eigenvalue weighted by Crippen LogP contribution is -2.55. The Balaban J connectivity index is 1.54. The quantitative estimate of drug-likeness (QED) is 0.795. The normalized spacial score (nSPS) is 34.7. The van der Waals surface area contributed by atoms with Crippen LogP contribution in [0.1, 0.15) is 46.5 Å². The van der Waals surface area contributed by atoms with Crippen LogP contribution < -0.4 is 0 Å². The Kier molecular flexibility index (Phi) is 4.29. The second-order valence-corrected chi connectivity index (χ2v) is 8.26. The van der Waals surface area contributed by atoms with Crippen molar-refractivity contribution in [3.05, 3.63) is 0 Å². The maximum absolute atomic E-state index is 12.5. The zero-order chi connectivity index (χ0) is 16.8. The minimum atomic E-state index is -0.541. The lowest BCUT2D eigenvalue weighted by Gasteiger charge is -2.38. The Hall–Kier alpha value is -1.30. The van der Waals surface area contributed by atoms with Gasteiger partial charge in [-0.15, -0.1) is 0 Å². The standard InChI is InChI=1S/C17H28N2O4/c1-17(2,3)23-16(22)18-4-5-19(15(21)10-18)13-6-11-8-14(20)9-12(11)7-13/h11-14,20H,4-10H2,1-3H3/t11-,12+,13-,14?. The van der Waals surface area contributed by atoms with Gasteiger partial charge in [-0.1, -0.05) is 0 Å². The molecule has 3 fully saturated rings. The van der Waals surface area contributed by atoms with Gasteiger partial charge in [0, 0.05) is 19.1 Å². The monoisotopic (exact) mass is 324 g/mol. The molecule has 2 amide bonds. The fourth-order valence-corrected chi connectivity index (χ4v) is 4.36. The number of nitrogens with zero attached hydrogens (tertiary/aromatic N) is 2. The zero-order valence-electron chi connectivity index (χ0n) is 14.3. The molecule has 0 aromatic rings. The SMILES string of the molecule is CC(C)(C)OC(=O)N1CCN([C@H]2C[C@H]3CC(O)C[C@H]3C2)C(=O)C1. The Morgan fingerprint density at radius 1 is 1.13 bits per heavy atom. The molecule has 0 spiro atoms. The number of rotatable bonds is 1. The van der Waals surface area contributed by atoms with Gasteiger partial charge in [0.1, 0.15) is 12.1 Å². The molecule has 0 aromatic heterocycles. The maximum Gasteiger partial charge on any atom is 0.410 e. The Morgan fingerprint density at radius 3 is 2.26 bits per heavy atom. The van der Waals surface area contributed by atoms with E-state index in [4.69, 9.17) is 4.74 Å². The van der Waals surface area contributed by atoms with Crippen LogP contribution in [-0.2, 0) is 9.53 Å². The lowest BCUT2D eigenvalue weighted by molar-refractivity contribution is -0.138. The molecular weight excluding hydrogens is 296 g/mol. The van der Waals surface area contributed by atoms with E-state index in [-0.39, 0.29) is 24.6 Å². The van der Waals surface area contributed by atoms with Gasteiger partial charge in [-0.05, 0) is 58.3 Å². The summed E-state index contributed by atoms with van der Waals surface area (Å²) in [6.07, 6.45) is 3.21. The van der Waals surface area contributed by atoms with Crippen molar-refractivity contribution in [1.82, 2.24) is 9.80 Å². The summed E-state index contributed by atoms with van der Waals surface area (Å²) in [6, 6.07) is 0.283. The average molecular weight is 324 g/mol. The van der Waals surface area contributed by atoms with Gasteiger partial charge in [-0.3, -0.25) is 9.69 Å². The van der Waals surface area contributed by atoms with Crippen molar-refractivity contribution in [2.24, 2.45) is 11.8 Å². The van der Waals surface area contributed by atoms with Crippen LogP contribution in [0.4, 0.5) is 4.79 Å². The Bertz CT molecular complexity index is 473. The summed E-state index contributed by atoms with van der Waals surface area (Å²) < 4.78 is 5.35. The second kappa shape index (κ2) is 5.96. The predicted molar refractivity (Wildman–Crippen MR) is 84.8 cm³/mol. The van der Waals surface area contributed by atoms with Crippen LogP contribution in [-0.4, -0.2) is 64.3 Å². The number of piperazine rings is 1. The highest BCUT2D eigenvalue weighted by atomic mass is 16.6. The molecule has 2 saturated carbocycles. The third-order valence-electron chi connectivity index (χ3n) is 5.32. The van der Waals surface area contributed by atoms with Gasteiger partial charge in [0.05, 0.1) is 6.10 Å². The van der Waals surface area contributed by atoms with Crippen molar-refractivity contribution in [1.29, 1.82) is 0 Å². The molecule has 4 atom stereocenters. The van der Waals surface area contributed by atoms with Gasteiger partial charge in [0.25, 0.3) is 0 Å². The van der Waals surface area contributed by atoms with E-state index in [9.17, 15) is 14.7 Å². The number of hydrogen-bond acceptors (Lipinski definition) is 4. The Morgan fingerprint density at radius 2 is 1.74 bits per heavy atom. The summed E-state index contributed by atoms with van der Waals surface area (Å²) >= 11 is 0. The molecule has 2 aliphatic carbocycles. The zero-order valence-corrected chi connectivity index (χ0v) is 14.3. The van der Waals surface area contributed by atoms with Gasteiger partial charge >= 0.3 is 6.09 Å². The van der Waals surface area contributed by atoms with Crippen molar-refractivity contribution in [2.45, 2.75) is 64.2 Å². The molecule has 23 heavy (non-hydrogen) atoms. The molecule has 0 aromatic carbocycles. The first kappa shape index (κ1) is 16.6. The summed E-state index contributed by atoms with van der Waals surface area (Å²) in [4.78, 5) is 28.0. The first-order chi connectivity index (χ1) is 10.7. The van der Waals surface area contributed by atoms with E-state index in [1.807, 2.05) is 25.7 Å². The third-order valence-corrected chi connectivity index (χ3v) is 5.32. The van der Waals surface area contributed by atoms with Crippen LogP contribution >= 0.6 is 0 Å². The highest BCUT2D eigenvalue weighted by molar-refractivity contribution is 5.84. The number of aliphatic hydroxyl groups excluding tert-OH is 1. The lowest BCUT2D eigenvalue weighted by atomic mass is 10.0. The fourth-order valence-electron chi connectivity index (χ4n) is 4.36. The summed E-state index contributed by atoms with van der Waals surface area (Å²) in [5.74, 6) is 1.14. The minimum Gasteiger partial charge on any atom is -0.444 e. The van der Waals surface area contributed by atoms with Gasteiger partial charge in [0.2, 0.25) is 5.91 Å². The van der Waals surface area contributed by atoms with Crippen LogP contribution in [0.5, 0.6) is 0 Å². The van der Waals surface area contributed by atoms with E-state index in [0.29, 0.717) is 24.9 Å². The summed E-state index contributed by atoms with van der Waals surface area (Å²) in [5, 5.41) is 9.73. The number of fused-ring (bicyclic) bond motifs is 1. The number of aliphatic hydroxyl groups is 1. The molecule has 6 heteroatoms. The fraction of sp³-hybridized carbons (Fsp3) is 0.882. The molecule has 0 radical (unpaired) electrons. The summed E-state index contributed by atoms with van der Waals surface area (Å²) in [5.41, 5.74) is -0.541. The topological polar surface area (TPSA) is 70.1 Å². The smallest absolute Gasteiger partial charge is 0.410 e. The number of amides is 2. The number of hydrogen-bond donors (Lipinski definition) is 1. The first-order valence-corrected chi connectivity index (χ1v) is 8.68. The van der Waals surface area contributed by atoms with E-state index < -0.39 is 11.7 Å². The average Bonchev–Trinajstić information content (AvgIpc) is 2.93. The van der Waals surface area contributed by atoms with Gasteiger partial charge in [0.15, 0.2) is 0 Å². The van der Waals surface area contributed by atoms with E-state index in [1.54, 1.807) is 0 Å². The van der Waals surface area contributed by atoms with Crippen LogP contribution in [0.25, 0.3) is 0 Å². The molecule has 0 bridgehead atoms. The van der Waals surface area contributed by atoms with Crippen LogP contribution in [0, 0.1) is 11.8 Å². The van der Waals surface area contributed by atoms with Crippen molar-refractivity contribution in [2.75, 3.05) is 19.6 Å². The van der Waals surface area contributed by atoms with E-state index in [1.165, 1.54) is 4.90 Å². The van der Waals surface area contributed by atoms with Crippen molar-refractivity contribution in [3.63, 3.8) is 0 Å². The molecule has 1 aliphatic heterocycles. The summed E-state index contributed by atoms with van der Waals surface area (Å²) in [6.45, 7) is 6.72.